The minimum absolute atomic E-state index is 0.0509. The quantitative estimate of drug-likeness (QED) is 0.900. The van der Waals surface area contributed by atoms with Gasteiger partial charge in [-0.25, -0.2) is 4.79 Å². The van der Waals surface area contributed by atoms with Gasteiger partial charge in [-0.2, -0.15) is 13.2 Å². The van der Waals surface area contributed by atoms with Gasteiger partial charge < -0.3 is 10.4 Å². The van der Waals surface area contributed by atoms with E-state index in [4.69, 9.17) is 5.11 Å². The van der Waals surface area contributed by atoms with E-state index < -0.39 is 30.6 Å². The molecule has 21 heavy (non-hydrogen) atoms. The number of carbonyl (C=O) groups is 2. The number of benzene rings is 1. The first-order valence-corrected chi connectivity index (χ1v) is 6.21. The molecule has 0 aliphatic carbocycles. The number of alkyl halides is 3. The Hall–Kier alpha value is -2.25. The first-order valence-electron chi connectivity index (χ1n) is 6.21. The van der Waals surface area contributed by atoms with Gasteiger partial charge in [-0.05, 0) is 11.6 Å². The third-order valence-corrected chi connectivity index (χ3v) is 3.18. The highest BCUT2D eigenvalue weighted by atomic mass is 19.4. The summed E-state index contributed by atoms with van der Waals surface area (Å²) in [6.07, 6.45) is -4.67. The Morgan fingerprint density at radius 3 is 2.62 bits per heavy atom. The number of carboxylic acids is 1. The Bertz CT molecular complexity index is 560. The zero-order valence-corrected chi connectivity index (χ0v) is 10.9. The van der Waals surface area contributed by atoms with Crippen LogP contribution < -0.4 is 10.2 Å². The number of rotatable bonds is 3. The van der Waals surface area contributed by atoms with E-state index in [-0.39, 0.29) is 13.0 Å². The van der Waals surface area contributed by atoms with E-state index in [1.807, 2.05) is 0 Å². The Morgan fingerprint density at radius 1 is 1.33 bits per heavy atom. The van der Waals surface area contributed by atoms with E-state index in [1.165, 1.54) is 0 Å². The number of anilines is 1. The van der Waals surface area contributed by atoms with Crippen LogP contribution in [0.2, 0.25) is 0 Å². The fourth-order valence-corrected chi connectivity index (χ4v) is 2.34. The van der Waals surface area contributed by atoms with Crippen LogP contribution in [0.3, 0.4) is 0 Å². The average Bonchev–Trinajstić information content (AvgIpc) is 2.74. The molecule has 1 unspecified atom stereocenters. The molecule has 1 atom stereocenters. The minimum atomic E-state index is -4.49. The predicted molar refractivity (Wildman–Crippen MR) is 68.2 cm³/mol. The number of hydrogen-bond donors (Lipinski definition) is 2. The number of amides is 2. The highest BCUT2D eigenvalue weighted by molar-refractivity contribution is 5.95. The highest BCUT2D eigenvalue weighted by Crippen LogP contribution is 2.37. The lowest BCUT2D eigenvalue weighted by molar-refractivity contribution is -0.137. The molecule has 0 spiro atoms. The summed E-state index contributed by atoms with van der Waals surface area (Å²) in [5.41, 5.74) is 1.10. The molecular weight excluding hydrogens is 289 g/mol. The Morgan fingerprint density at radius 2 is 2.00 bits per heavy atom. The maximum atomic E-state index is 12.1. The van der Waals surface area contributed by atoms with E-state index in [0.29, 0.717) is 11.3 Å². The molecule has 0 aromatic heterocycles. The maximum absolute atomic E-state index is 12.1. The molecule has 1 aromatic rings. The SMILES string of the molecule is O=C(O)CC1CN(C(=O)NCC(F)(F)F)c2ccccc21. The summed E-state index contributed by atoms with van der Waals surface area (Å²) in [6.45, 7) is -1.37. The van der Waals surface area contributed by atoms with E-state index in [9.17, 15) is 22.8 Å². The van der Waals surface area contributed by atoms with Crippen LogP contribution in [-0.4, -0.2) is 36.4 Å². The second kappa shape index (κ2) is 5.63. The van der Waals surface area contributed by atoms with Crippen molar-refractivity contribution in [1.82, 2.24) is 5.32 Å². The lowest BCUT2D eigenvalue weighted by atomic mass is 9.98. The Labute approximate surface area is 118 Å². The van der Waals surface area contributed by atoms with Crippen molar-refractivity contribution in [3.63, 3.8) is 0 Å². The van der Waals surface area contributed by atoms with Crippen molar-refractivity contribution < 1.29 is 27.9 Å². The topological polar surface area (TPSA) is 69.6 Å². The third-order valence-electron chi connectivity index (χ3n) is 3.18. The van der Waals surface area contributed by atoms with Crippen molar-refractivity contribution in [2.75, 3.05) is 18.0 Å². The number of nitrogens with one attached hydrogen (secondary N) is 1. The van der Waals surface area contributed by atoms with Crippen LogP contribution in [0.1, 0.15) is 17.9 Å². The van der Waals surface area contributed by atoms with E-state index in [1.54, 1.807) is 29.6 Å². The number of aliphatic carboxylic acids is 1. The molecule has 1 aliphatic heterocycles. The van der Waals surface area contributed by atoms with E-state index in [0.717, 1.165) is 4.90 Å². The zero-order chi connectivity index (χ0) is 15.6. The zero-order valence-electron chi connectivity index (χ0n) is 10.9. The van der Waals surface area contributed by atoms with E-state index >= 15 is 0 Å². The highest BCUT2D eigenvalue weighted by Gasteiger charge is 2.35. The van der Waals surface area contributed by atoms with Gasteiger partial charge in [0.1, 0.15) is 6.54 Å². The van der Waals surface area contributed by atoms with Crippen LogP contribution in [-0.2, 0) is 4.79 Å². The summed E-state index contributed by atoms with van der Waals surface area (Å²) < 4.78 is 36.4. The van der Waals surface area contributed by atoms with Gasteiger partial charge in [-0.1, -0.05) is 18.2 Å². The monoisotopic (exact) mass is 302 g/mol. The summed E-state index contributed by atoms with van der Waals surface area (Å²) in [7, 11) is 0. The van der Waals surface area contributed by atoms with E-state index in [2.05, 4.69) is 0 Å². The normalized spacial score (nSPS) is 17.5. The Balaban J connectivity index is 2.15. The van der Waals surface area contributed by atoms with Crippen molar-refractivity contribution in [3.8, 4) is 0 Å². The molecule has 0 radical (unpaired) electrons. The summed E-state index contributed by atoms with van der Waals surface area (Å²) >= 11 is 0. The van der Waals surface area contributed by atoms with Crippen LogP contribution in [0.25, 0.3) is 0 Å². The molecule has 8 heteroatoms. The van der Waals surface area contributed by atoms with Gasteiger partial charge in [0.15, 0.2) is 0 Å². The summed E-state index contributed by atoms with van der Waals surface area (Å²) in [4.78, 5) is 23.8. The largest absolute Gasteiger partial charge is 0.481 e. The molecule has 2 N–H and O–H groups in total. The summed E-state index contributed by atoms with van der Waals surface area (Å²) in [6, 6.07) is 5.73. The molecule has 1 aliphatic rings. The number of urea groups is 1. The van der Waals surface area contributed by atoms with Crippen molar-refractivity contribution in [1.29, 1.82) is 0 Å². The summed E-state index contributed by atoms with van der Waals surface area (Å²) in [5.74, 6) is -1.44. The lowest BCUT2D eigenvalue weighted by Crippen LogP contribution is -2.43. The van der Waals surface area contributed by atoms with Crippen molar-refractivity contribution >= 4 is 17.7 Å². The molecular formula is C13H13F3N2O3. The van der Waals surface area contributed by atoms with Gasteiger partial charge >= 0.3 is 18.2 Å². The molecule has 0 saturated carbocycles. The van der Waals surface area contributed by atoms with Gasteiger partial charge in [0.25, 0.3) is 0 Å². The molecule has 1 heterocycles. The molecule has 1 aromatic carbocycles. The molecule has 0 fully saturated rings. The number of hydrogen-bond acceptors (Lipinski definition) is 2. The van der Waals surface area contributed by atoms with Crippen molar-refractivity contribution in [2.45, 2.75) is 18.5 Å². The molecule has 5 nitrogen and oxygen atoms in total. The van der Waals surface area contributed by atoms with Crippen LogP contribution in [0.5, 0.6) is 0 Å². The number of carbonyl (C=O) groups excluding carboxylic acids is 1. The smallest absolute Gasteiger partial charge is 0.405 e. The molecule has 0 saturated heterocycles. The number of para-hydroxylation sites is 1. The average molecular weight is 302 g/mol. The van der Waals surface area contributed by atoms with Gasteiger partial charge in [0, 0.05) is 18.2 Å². The van der Waals surface area contributed by atoms with Crippen molar-refractivity contribution in [3.05, 3.63) is 29.8 Å². The predicted octanol–water partition coefficient (Wildman–Crippen LogP) is 2.34. The van der Waals surface area contributed by atoms with Gasteiger partial charge in [-0.15, -0.1) is 0 Å². The van der Waals surface area contributed by atoms with Crippen LogP contribution >= 0.6 is 0 Å². The van der Waals surface area contributed by atoms with Gasteiger partial charge in [0.2, 0.25) is 0 Å². The van der Waals surface area contributed by atoms with Crippen molar-refractivity contribution in [2.24, 2.45) is 0 Å². The summed E-state index contributed by atoms with van der Waals surface area (Å²) in [5, 5.41) is 10.7. The molecule has 114 valence electrons. The van der Waals surface area contributed by atoms with Gasteiger partial charge in [0.05, 0.1) is 6.42 Å². The molecule has 0 bridgehead atoms. The van der Waals surface area contributed by atoms with Crippen LogP contribution in [0.15, 0.2) is 24.3 Å². The third kappa shape index (κ3) is 3.65. The second-order valence-corrected chi connectivity index (χ2v) is 4.74. The number of nitrogens with zero attached hydrogens (tertiary/aromatic N) is 1. The second-order valence-electron chi connectivity index (χ2n) is 4.74. The Kier molecular flexibility index (Phi) is 4.06. The first kappa shape index (κ1) is 15.1. The molecule has 2 amide bonds. The maximum Gasteiger partial charge on any atom is 0.405 e. The molecule has 2 rings (SSSR count). The standard InChI is InChI=1S/C13H13F3N2O3/c14-13(15,16)7-17-12(21)18-6-8(5-11(19)20)9-3-1-2-4-10(9)18/h1-4,8H,5-7H2,(H,17,21)(H,19,20). The van der Waals surface area contributed by atoms with Gasteiger partial charge in [-0.3, -0.25) is 9.69 Å². The number of halogens is 3. The van der Waals surface area contributed by atoms with Crippen LogP contribution in [0.4, 0.5) is 23.7 Å². The number of fused-ring (bicyclic) bond motifs is 1. The first-order chi connectivity index (χ1) is 9.78. The number of carboxylic acid groups (broad SMARTS) is 1. The fourth-order valence-electron chi connectivity index (χ4n) is 2.34. The van der Waals surface area contributed by atoms with Crippen LogP contribution in [0, 0.1) is 0 Å². The minimum Gasteiger partial charge on any atom is -0.481 e. The lowest BCUT2D eigenvalue weighted by Gasteiger charge is -2.19. The fraction of sp³-hybridized carbons (Fsp3) is 0.385.